The molecule has 1 saturated heterocycles. The predicted octanol–water partition coefficient (Wildman–Crippen LogP) is -5.55. The Labute approximate surface area is 552 Å². The van der Waals surface area contributed by atoms with Gasteiger partial charge in [-0.15, -0.1) is 0 Å². The van der Waals surface area contributed by atoms with Gasteiger partial charge in [-0.3, -0.25) is 72.1 Å². The van der Waals surface area contributed by atoms with Crippen molar-refractivity contribution in [2.24, 2.45) is 39.8 Å². The Balaban J connectivity index is 2.25. The minimum atomic E-state index is -1.92. The lowest BCUT2D eigenvalue weighted by Gasteiger charge is -2.30. The van der Waals surface area contributed by atoms with Crippen molar-refractivity contribution in [1.29, 1.82) is 0 Å². The van der Waals surface area contributed by atoms with Gasteiger partial charge in [-0.05, 0) is 94.2 Å². The molecule has 1 aliphatic rings. The van der Waals surface area contributed by atoms with Gasteiger partial charge in [0.2, 0.25) is 70.9 Å². The van der Waals surface area contributed by atoms with Crippen molar-refractivity contribution in [3.8, 4) is 5.75 Å². The van der Waals surface area contributed by atoms with Crippen molar-refractivity contribution in [2.75, 3.05) is 31.1 Å². The molecule has 37 heteroatoms. The molecule has 12 amide bonds. The second-order valence-electron chi connectivity index (χ2n) is 23.1. The van der Waals surface area contributed by atoms with E-state index in [-0.39, 0.29) is 93.1 Å². The molecule has 1 heterocycles. The number of amides is 12. The summed E-state index contributed by atoms with van der Waals surface area (Å²) in [4.78, 5) is 202. The zero-order valence-electron chi connectivity index (χ0n) is 52.8. The molecular formula is C57H90N16O19S2. The number of benzene rings is 1. The Morgan fingerprint density at radius 2 is 1.05 bits per heavy atom. The smallest absolute Gasteiger partial charge is 0.326 e. The van der Waals surface area contributed by atoms with Gasteiger partial charge in [-0.1, -0.05) is 39.8 Å². The molecule has 0 unspecified atom stereocenters. The van der Waals surface area contributed by atoms with Gasteiger partial charge in [0.1, 0.15) is 66.2 Å². The molecule has 0 bridgehead atoms. The number of rotatable bonds is 42. The maximum Gasteiger partial charge on any atom is 0.326 e. The number of aliphatic imine (C=N–C) groups is 1. The van der Waals surface area contributed by atoms with E-state index in [2.05, 4.69) is 83.4 Å². The van der Waals surface area contributed by atoms with Gasteiger partial charge in [0, 0.05) is 37.4 Å². The first-order chi connectivity index (χ1) is 44.1. The molecule has 1 aromatic rings. The van der Waals surface area contributed by atoms with Crippen molar-refractivity contribution in [2.45, 2.75) is 178 Å². The zero-order chi connectivity index (χ0) is 71.1. The standard InChI is InChI=1S/C57H90N16O19S2/c1-27(2)20-36(51(86)72-40(26-94)53(88)70-38(56(91)92)21-28(3)4)69-48(83)33(8-6-18-62-57(60)61)68-54(89)41-9-7-19-73(41)55(90)29(5)64-50(85)37(23-45(79)80)65-43(76)24-63-47(82)34(15-17-44(77)78)66-49(84)35(14-16-42(59)75)67-52(87)39(25-93)71-46(81)32(58)22-30-10-12-31(74)13-11-30/h10-13,27-29,32-41,74,93-94H,6-9,14-26,58H2,1-5H3,(H2,59,75)(H,63,82)(H,64,85)(H,65,76)(H,66,84)(H,67,87)(H,68,89)(H,69,83)(H,70,88)(H,71,81)(H,72,86)(H,77,78)(H,79,80)(H,91,92)(H4,60,61,62)/t29-,32-,33-,34-,35-,36-,37-,38-,39-,40-,41-/m0/s1. The van der Waals surface area contributed by atoms with E-state index in [9.17, 15) is 92.3 Å². The third-order valence-corrected chi connectivity index (χ3v) is 14.9. The maximum atomic E-state index is 14.1. The number of primary amides is 1. The molecule has 2 rings (SSSR count). The molecule has 35 nitrogen and oxygen atoms in total. The highest BCUT2D eigenvalue weighted by atomic mass is 32.1. The van der Waals surface area contributed by atoms with Gasteiger partial charge in [-0.2, -0.15) is 25.3 Å². The van der Waals surface area contributed by atoms with E-state index in [4.69, 9.17) is 22.9 Å². The van der Waals surface area contributed by atoms with Crippen LogP contribution in [0.2, 0.25) is 0 Å². The Bertz CT molecular complexity index is 2880. The maximum absolute atomic E-state index is 14.1. The minimum absolute atomic E-state index is 0.00178. The molecule has 1 aliphatic heterocycles. The quantitative estimate of drug-likeness (QED) is 0.0126. The molecule has 11 atom stereocenters. The first-order valence-electron chi connectivity index (χ1n) is 30.1. The van der Waals surface area contributed by atoms with Gasteiger partial charge in [0.05, 0.1) is 19.0 Å². The average Bonchev–Trinajstić information content (AvgIpc) is 1.62. The summed E-state index contributed by atoms with van der Waals surface area (Å²) in [5.41, 5.74) is 22.9. The third kappa shape index (κ3) is 29.7. The highest BCUT2D eigenvalue weighted by Gasteiger charge is 2.40. The van der Waals surface area contributed by atoms with E-state index in [1.165, 1.54) is 31.2 Å². The number of likely N-dealkylation sites (tertiary alicyclic amines) is 1. The third-order valence-electron chi connectivity index (χ3n) is 14.2. The van der Waals surface area contributed by atoms with Crippen LogP contribution in [0, 0.1) is 11.8 Å². The van der Waals surface area contributed by atoms with Crippen molar-refractivity contribution < 1.29 is 92.3 Å². The number of phenolic OH excluding ortho intramolecular Hbond substituents is 1. The van der Waals surface area contributed by atoms with Crippen molar-refractivity contribution in [3.05, 3.63) is 29.8 Å². The van der Waals surface area contributed by atoms with E-state index in [1.807, 2.05) is 0 Å². The number of carboxylic acids is 3. The van der Waals surface area contributed by atoms with Crippen LogP contribution in [0.25, 0.3) is 0 Å². The van der Waals surface area contributed by atoms with E-state index in [0.29, 0.717) is 5.56 Å². The van der Waals surface area contributed by atoms with Crippen LogP contribution < -0.4 is 76.1 Å². The van der Waals surface area contributed by atoms with Crippen LogP contribution in [0.3, 0.4) is 0 Å². The van der Waals surface area contributed by atoms with Crippen molar-refractivity contribution >= 4 is 120 Å². The van der Waals surface area contributed by atoms with E-state index in [1.54, 1.807) is 27.7 Å². The van der Waals surface area contributed by atoms with Gasteiger partial charge >= 0.3 is 17.9 Å². The predicted molar refractivity (Wildman–Crippen MR) is 342 cm³/mol. The minimum Gasteiger partial charge on any atom is -0.508 e. The average molecular weight is 1370 g/mol. The number of carboxylic acid groups (broad SMARTS) is 3. The number of phenols is 1. The highest BCUT2D eigenvalue weighted by molar-refractivity contribution is 7.80. The molecule has 0 radical (unpaired) electrons. The number of nitrogens with two attached hydrogens (primary N) is 4. The summed E-state index contributed by atoms with van der Waals surface area (Å²) in [5, 5.41) is 62.2. The van der Waals surface area contributed by atoms with Crippen LogP contribution in [0.1, 0.15) is 111 Å². The monoisotopic (exact) mass is 1370 g/mol. The summed E-state index contributed by atoms with van der Waals surface area (Å²) < 4.78 is 0. The first-order valence-corrected chi connectivity index (χ1v) is 31.4. The fraction of sp³-hybridized carbons (Fsp3) is 0.614. The molecule has 1 fully saturated rings. The van der Waals surface area contributed by atoms with Crippen LogP contribution in [0.15, 0.2) is 29.3 Å². The number of hydrogen-bond donors (Lipinski definition) is 20. The Hall–Kier alpha value is -9.00. The Morgan fingerprint density at radius 1 is 0.574 bits per heavy atom. The number of nitrogens with one attached hydrogen (secondary N) is 10. The molecule has 0 aliphatic carbocycles. The van der Waals surface area contributed by atoms with E-state index >= 15 is 0 Å². The number of aliphatic carboxylic acids is 3. The molecule has 22 N–H and O–H groups in total. The van der Waals surface area contributed by atoms with Crippen LogP contribution >= 0.6 is 25.3 Å². The van der Waals surface area contributed by atoms with Gasteiger partial charge in [0.25, 0.3) is 0 Å². The molecule has 0 aromatic heterocycles. The largest absolute Gasteiger partial charge is 0.508 e. The Kier molecular flexibility index (Phi) is 35.3. The first kappa shape index (κ1) is 81.1. The topological polar surface area (TPSA) is 577 Å². The second kappa shape index (κ2) is 40.9. The van der Waals surface area contributed by atoms with E-state index in [0.717, 1.165) is 4.90 Å². The van der Waals surface area contributed by atoms with Crippen LogP contribution in [0.4, 0.5) is 0 Å². The number of carbonyl (C=O) groups excluding carboxylic acids is 12. The van der Waals surface area contributed by atoms with Crippen LogP contribution in [-0.4, -0.2) is 218 Å². The highest BCUT2D eigenvalue weighted by Crippen LogP contribution is 2.20. The zero-order valence-corrected chi connectivity index (χ0v) is 54.6. The summed E-state index contributed by atoms with van der Waals surface area (Å²) in [6.45, 7) is 7.17. The molecular weight excluding hydrogens is 1280 g/mol. The van der Waals surface area contributed by atoms with E-state index < -0.39 is 194 Å². The van der Waals surface area contributed by atoms with Gasteiger partial charge < -0.3 is 101 Å². The number of aromatic hydroxyl groups is 1. The summed E-state index contributed by atoms with van der Waals surface area (Å²) in [5.74, 6) is -17.2. The summed E-state index contributed by atoms with van der Waals surface area (Å²) in [6, 6.07) is -10.2. The lowest BCUT2D eigenvalue weighted by molar-refractivity contribution is -0.143. The molecule has 0 saturated carbocycles. The lowest BCUT2D eigenvalue weighted by atomic mass is 10.0. The number of carbonyl (C=O) groups is 15. The molecule has 94 heavy (non-hydrogen) atoms. The van der Waals surface area contributed by atoms with Crippen molar-refractivity contribution in [1.82, 2.24) is 58.1 Å². The van der Waals surface area contributed by atoms with Gasteiger partial charge in [-0.25, -0.2) is 4.79 Å². The fourth-order valence-corrected chi connectivity index (χ4v) is 9.90. The molecule has 0 spiro atoms. The molecule has 1 aromatic carbocycles. The molecule has 524 valence electrons. The second-order valence-corrected chi connectivity index (χ2v) is 23.8. The van der Waals surface area contributed by atoms with Gasteiger partial charge in [0.15, 0.2) is 5.96 Å². The Morgan fingerprint density at radius 3 is 1.57 bits per heavy atom. The number of nitrogens with zero attached hydrogens (tertiary/aromatic N) is 2. The SMILES string of the molecule is CC(C)C[C@H](NC(=O)[C@H](CS)NC(=O)[C@H](CC(C)C)NC(=O)[C@H](CCCN=C(N)N)NC(=O)[C@@H]1CCCN1C(=O)[C@H](C)NC(=O)[C@H](CC(=O)O)NC(=O)CNC(=O)[C@H](CCC(=O)O)NC(=O)[C@H](CCC(N)=O)NC(=O)[C@H](CS)NC(=O)[C@@H](N)Cc1ccc(O)cc1)C(=O)O. The summed E-state index contributed by atoms with van der Waals surface area (Å²) >= 11 is 8.30. The normalized spacial score (nSPS) is 15.9. The van der Waals surface area contributed by atoms with Crippen LogP contribution in [0.5, 0.6) is 5.75 Å². The summed E-state index contributed by atoms with van der Waals surface area (Å²) in [7, 11) is 0. The number of hydrogen-bond acceptors (Lipinski definition) is 20. The lowest BCUT2D eigenvalue weighted by Crippen LogP contribution is -2.60. The summed E-state index contributed by atoms with van der Waals surface area (Å²) in [6.07, 6.45) is -3.00. The fourth-order valence-electron chi connectivity index (χ4n) is 9.38. The van der Waals surface area contributed by atoms with Crippen LogP contribution in [-0.2, 0) is 78.3 Å². The number of thiol groups is 2. The number of guanidine groups is 1. The van der Waals surface area contributed by atoms with Crippen molar-refractivity contribution in [3.63, 3.8) is 0 Å².